The first-order chi connectivity index (χ1) is 3.72. The summed E-state index contributed by atoms with van der Waals surface area (Å²) < 4.78 is 0. The van der Waals surface area contributed by atoms with E-state index in [9.17, 15) is 4.79 Å². The molecule has 1 atom stereocenters. The number of carbonyl (C=O) groups is 1. The second-order valence-electron chi connectivity index (χ2n) is 1.59. The van der Waals surface area contributed by atoms with Crippen LogP contribution in [0.4, 0.5) is 0 Å². The second-order valence-corrected chi connectivity index (χ2v) is 1.59. The van der Waals surface area contributed by atoms with Gasteiger partial charge in [-0.2, -0.15) is 0 Å². The van der Waals surface area contributed by atoms with Crippen molar-refractivity contribution in [2.24, 2.45) is 5.92 Å². The lowest BCUT2D eigenvalue weighted by Crippen LogP contribution is -2.08. The zero-order valence-electron chi connectivity index (χ0n) is 4.92. The average Bonchev–Trinajstić information content (AvgIpc) is 1.69. The molecule has 8 heavy (non-hydrogen) atoms. The third kappa shape index (κ3) is 1.78. The van der Waals surface area contributed by atoms with Crippen LogP contribution in [0.3, 0.4) is 0 Å². The number of rotatable bonds is 3. The highest BCUT2D eigenvalue weighted by atomic mass is 16.4. The second kappa shape index (κ2) is 3.24. The standard InChI is InChI=1S/C6H10O2/c1-3-5(4-2)6(7)8/h3,5H,1,4H2,2H3,(H,7,8)/t5-/m1/s1. The molecule has 0 aromatic rings. The normalized spacial score (nSPS) is 12.6. The summed E-state index contributed by atoms with van der Waals surface area (Å²) in [5.41, 5.74) is 0. The molecule has 0 aliphatic carbocycles. The molecule has 0 fully saturated rings. The smallest absolute Gasteiger partial charge is 0.310 e. The Kier molecular flexibility index (Phi) is 2.92. The van der Waals surface area contributed by atoms with E-state index in [2.05, 4.69) is 6.58 Å². The maximum atomic E-state index is 10.1. The molecule has 2 nitrogen and oxygen atoms in total. The van der Waals surface area contributed by atoms with Crippen molar-refractivity contribution in [2.75, 3.05) is 0 Å². The Hall–Kier alpha value is -0.790. The van der Waals surface area contributed by atoms with Gasteiger partial charge in [0.25, 0.3) is 0 Å². The highest BCUT2D eigenvalue weighted by Crippen LogP contribution is 2.01. The molecule has 46 valence electrons. The van der Waals surface area contributed by atoms with E-state index >= 15 is 0 Å². The van der Waals surface area contributed by atoms with Gasteiger partial charge in [-0.3, -0.25) is 4.79 Å². The predicted molar refractivity (Wildman–Crippen MR) is 31.6 cm³/mol. The van der Waals surface area contributed by atoms with E-state index in [4.69, 9.17) is 5.11 Å². The first-order valence-electron chi connectivity index (χ1n) is 2.57. The predicted octanol–water partition coefficient (Wildman–Crippen LogP) is 1.28. The van der Waals surface area contributed by atoms with Crippen molar-refractivity contribution in [1.82, 2.24) is 0 Å². The van der Waals surface area contributed by atoms with E-state index in [-0.39, 0.29) is 5.92 Å². The Bertz CT molecular complexity index is 96.7. The first kappa shape index (κ1) is 7.21. The van der Waals surface area contributed by atoms with Gasteiger partial charge in [0, 0.05) is 0 Å². The Morgan fingerprint density at radius 3 is 2.50 bits per heavy atom. The molecule has 0 bridgehead atoms. The van der Waals surface area contributed by atoms with Crippen molar-refractivity contribution in [2.45, 2.75) is 13.3 Å². The van der Waals surface area contributed by atoms with Crippen LogP contribution in [0, 0.1) is 5.92 Å². The van der Waals surface area contributed by atoms with Crippen molar-refractivity contribution in [3.05, 3.63) is 12.7 Å². The number of carboxylic acid groups (broad SMARTS) is 1. The van der Waals surface area contributed by atoms with E-state index in [0.29, 0.717) is 6.42 Å². The summed E-state index contributed by atoms with van der Waals surface area (Å²) in [6, 6.07) is 0. The van der Waals surface area contributed by atoms with Gasteiger partial charge >= 0.3 is 5.97 Å². The van der Waals surface area contributed by atoms with Gasteiger partial charge in [0.2, 0.25) is 0 Å². The number of hydrogen-bond acceptors (Lipinski definition) is 1. The quantitative estimate of drug-likeness (QED) is 0.561. The van der Waals surface area contributed by atoms with Crippen LogP contribution in [0.25, 0.3) is 0 Å². The molecule has 2 heteroatoms. The van der Waals surface area contributed by atoms with Crippen molar-refractivity contribution >= 4 is 5.97 Å². The van der Waals surface area contributed by atoms with Gasteiger partial charge < -0.3 is 5.11 Å². The van der Waals surface area contributed by atoms with Gasteiger partial charge in [-0.05, 0) is 6.42 Å². The summed E-state index contributed by atoms with van der Waals surface area (Å²) in [6.07, 6.45) is 2.07. The number of hydrogen-bond donors (Lipinski definition) is 1. The molecule has 0 heterocycles. The average molecular weight is 114 g/mol. The topological polar surface area (TPSA) is 37.3 Å². The minimum absolute atomic E-state index is 0.366. The fourth-order valence-corrected chi connectivity index (χ4v) is 0.442. The molecule has 0 amide bonds. The highest BCUT2D eigenvalue weighted by molar-refractivity contribution is 5.71. The zero-order chi connectivity index (χ0) is 6.57. The number of carboxylic acids is 1. The lowest BCUT2D eigenvalue weighted by molar-refractivity contribution is -0.140. The zero-order valence-corrected chi connectivity index (χ0v) is 4.92. The van der Waals surface area contributed by atoms with Crippen LogP contribution in [0.5, 0.6) is 0 Å². The van der Waals surface area contributed by atoms with E-state index in [1.165, 1.54) is 6.08 Å². The molecule has 0 spiro atoms. The van der Waals surface area contributed by atoms with Crippen molar-refractivity contribution in [3.63, 3.8) is 0 Å². The third-order valence-electron chi connectivity index (χ3n) is 1.04. The van der Waals surface area contributed by atoms with E-state index < -0.39 is 5.97 Å². The van der Waals surface area contributed by atoms with Gasteiger partial charge in [-0.1, -0.05) is 13.0 Å². The maximum absolute atomic E-state index is 10.1. The molecule has 1 N–H and O–H groups in total. The fraction of sp³-hybridized carbons (Fsp3) is 0.500. The van der Waals surface area contributed by atoms with Crippen molar-refractivity contribution in [1.29, 1.82) is 0 Å². The lowest BCUT2D eigenvalue weighted by atomic mass is 10.1. The van der Waals surface area contributed by atoms with Gasteiger partial charge in [0.1, 0.15) is 0 Å². The highest BCUT2D eigenvalue weighted by Gasteiger charge is 2.07. The van der Waals surface area contributed by atoms with E-state index in [0.717, 1.165) is 0 Å². The van der Waals surface area contributed by atoms with Crippen LogP contribution in [-0.4, -0.2) is 11.1 Å². The summed E-state index contributed by atoms with van der Waals surface area (Å²) in [7, 11) is 0. The number of aliphatic carboxylic acids is 1. The molecule has 0 saturated heterocycles. The molecule has 0 saturated carbocycles. The summed E-state index contributed by atoms with van der Waals surface area (Å²) in [4.78, 5) is 10.1. The van der Waals surface area contributed by atoms with Crippen LogP contribution in [0.2, 0.25) is 0 Å². The van der Waals surface area contributed by atoms with Crippen molar-refractivity contribution < 1.29 is 9.90 Å². The summed E-state index contributed by atoms with van der Waals surface area (Å²) >= 11 is 0. The molecular formula is C6H10O2. The largest absolute Gasteiger partial charge is 0.481 e. The van der Waals surface area contributed by atoms with Crippen LogP contribution >= 0.6 is 0 Å². The molecule has 0 aromatic carbocycles. The minimum Gasteiger partial charge on any atom is -0.481 e. The van der Waals surface area contributed by atoms with Crippen molar-refractivity contribution in [3.8, 4) is 0 Å². The summed E-state index contributed by atoms with van der Waals surface area (Å²) in [6.45, 7) is 5.19. The Morgan fingerprint density at radius 1 is 2.00 bits per heavy atom. The summed E-state index contributed by atoms with van der Waals surface area (Å²) in [5, 5.41) is 8.30. The SMILES string of the molecule is C=C[C@H](CC)C(=O)O. The molecule has 0 aromatic heterocycles. The molecule has 0 rings (SSSR count). The molecule has 0 aliphatic rings. The monoisotopic (exact) mass is 114 g/mol. The van der Waals surface area contributed by atoms with Gasteiger partial charge in [0.05, 0.1) is 5.92 Å². The molecule has 0 radical (unpaired) electrons. The molecule has 0 unspecified atom stereocenters. The maximum Gasteiger partial charge on any atom is 0.310 e. The van der Waals surface area contributed by atoms with Gasteiger partial charge in [-0.15, -0.1) is 6.58 Å². The van der Waals surface area contributed by atoms with Crippen LogP contribution in [0.15, 0.2) is 12.7 Å². The van der Waals surface area contributed by atoms with Crippen LogP contribution in [-0.2, 0) is 4.79 Å². The lowest BCUT2D eigenvalue weighted by Gasteiger charge is -1.98. The Balaban J connectivity index is 3.69. The van der Waals surface area contributed by atoms with Gasteiger partial charge in [-0.25, -0.2) is 0 Å². The van der Waals surface area contributed by atoms with E-state index in [1.807, 2.05) is 6.92 Å². The van der Waals surface area contributed by atoms with Crippen LogP contribution < -0.4 is 0 Å². The molecule has 0 aliphatic heterocycles. The minimum atomic E-state index is -0.789. The van der Waals surface area contributed by atoms with Gasteiger partial charge in [0.15, 0.2) is 0 Å². The first-order valence-corrected chi connectivity index (χ1v) is 2.57. The fourth-order valence-electron chi connectivity index (χ4n) is 0.442. The Labute approximate surface area is 48.8 Å². The summed E-state index contributed by atoms with van der Waals surface area (Å²) in [5.74, 6) is -1.16. The third-order valence-corrected chi connectivity index (χ3v) is 1.04. The Morgan fingerprint density at radius 2 is 2.50 bits per heavy atom. The molecular weight excluding hydrogens is 104 g/mol. The van der Waals surface area contributed by atoms with Crippen LogP contribution in [0.1, 0.15) is 13.3 Å². The van der Waals surface area contributed by atoms with E-state index in [1.54, 1.807) is 0 Å².